The molecule has 1 aliphatic rings. The first kappa shape index (κ1) is 13.6. The minimum absolute atomic E-state index is 0.0505. The van der Waals surface area contributed by atoms with Gasteiger partial charge in [-0.3, -0.25) is 9.59 Å². The summed E-state index contributed by atoms with van der Waals surface area (Å²) in [5, 5.41) is 8.65. The van der Waals surface area contributed by atoms with Gasteiger partial charge in [0.25, 0.3) is 0 Å². The van der Waals surface area contributed by atoms with Crippen molar-refractivity contribution in [2.75, 3.05) is 0 Å². The van der Waals surface area contributed by atoms with Crippen molar-refractivity contribution >= 4 is 11.9 Å². The van der Waals surface area contributed by atoms with Gasteiger partial charge in [0.1, 0.15) is 0 Å². The Bertz CT molecular complexity index is 463. The van der Waals surface area contributed by atoms with Crippen LogP contribution in [0, 0.1) is 6.92 Å². The van der Waals surface area contributed by atoms with Crippen molar-refractivity contribution in [2.24, 2.45) is 0 Å². The molecule has 1 N–H and O–H groups in total. The van der Waals surface area contributed by atoms with Crippen molar-refractivity contribution in [2.45, 2.75) is 45.2 Å². The number of carboxylic acids is 1. The van der Waals surface area contributed by atoms with E-state index in [4.69, 9.17) is 5.11 Å². The summed E-state index contributed by atoms with van der Waals surface area (Å²) in [7, 11) is 0. The minimum Gasteiger partial charge on any atom is -0.481 e. The zero-order chi connectivity index (χ0) is 13.8. The van der Waals surface area contributed by atoms with Gasteiger partial charge in [-0.25, -0.2) is 0 Å². The van der Waals surface area contributed by atoms with E-state index < -0.39 is 5.97 Å². The van der Waals surface area contributed by atoms with Crippen LogP contribution in [0.1, 0.15) is 36.8 Å². The maximum absolute atomic E-state index is 12.1. The second kappa shape index (κ2) is 5.87. The van der Waals surface area contributed by atoms with E-state index in [2.05, 4.69) is 0 Å². The topological polar surface area (TPSA) is 57.6 Å². The molecule has 0 unspecified atom stereocenters. The monoisotopic (exact) mass is 261 g/mol. The number of hydrogen-bond acceptors (Lipinski definition) is 2. The van der Waals surface area contributed by atoms with Crippen LogP contribution in [0.3, 0.4) is 0 Å². The third-order valence-corrected chi connectivity index (χ3v) is 3.33. The molecule has 0 aliphatic heterocycles. The van der Waals surface area contributed by atoms with Crippen molar-refractivity contribution in [3.8, 4) is 0 Å². The number of carbonyl (C=O) groups is 2. The number of benzene rings is 1. The Morgan fingerprint density at radius 1 is 1.21 bits per heavy atom. The average molecular weight is 261 g/mol. The number of aryl methyl sites for hydroxylation is 1. The van der Waals surface area contributed by atoms with Crippen LogP contribution >= 0.6 is 0 Å². The van der Waals surface area contributed by atoms with Crippen LogP contribution in [0.25, 0.3) is 0 Å². The highest BCUT2D eigenvalue weighted by Crippen LogP contribution is 2.29. The van der Waals surface area contributed by atoms with E-state index in [9.17, 15) is 9.59 Å². The van der Waals surface area contributed by atoms with E-state index in [1.54, 1.807) is 0 Å². The van der Waals surface area contributed by atoms with E-state index in [-0.39, 0.29) is 18.7 Å². The molecule has 1 saturated carbocycles. The van der Waals surface area contributed by atoms with Gasteiger partial charge >= 0.3 is 5.97 Å². The number of aliphatic carboxylic acids is 1. The molecule has 19 heavy (non-hydrogen) atoms. The van der Waals surface area contributed by atoms with Gasteiger partial charge in [-0.2, -0.15) is 0 Å². The van der Waals surface area contributed by atoms with Gasteiger partial charge in [0.15, 0.2) is 0 Å². The molecule has 4 heteroatoms. The second-order valence-electron chi connectivity index (χ2n) is 5.13. The van der Waals surface area contributed by atoms with E-state index in [0.717, 1.165) is 18.4 Å². The molecular weight excluding hydrogens is 242 g/mol. The van der Waals surface area contributed by atoms with Crippen molar-refractivity contribution in [1.29, 1.82) is 0 Å². The van der Waals surface area contributed by atoms with Gasteiger partial charge in [0.05, 0.1) is 6.42 Å². The van der Waals surface area contributed by atoms with Crippen LogP contribution in [0.4, 0.5) is 0 Å². The molecule has 0 spiro atoms. The summed E-state index contributed by atoms with van der Waals surface area (Å²) < 4.78 is 0. The molecule has 0 saturated heterocycles. The summed E-state index contributed by atoms with van der Waals surface area (Å²) in [6, 6.07) is 8.41. The number of amides is 1. The Labute approximate surface area is 113 Å². The molecule has 1 amide bonds. The lowest BCUT2D eigenvalue weighted by molar-refractivity contribution is -0.141. The van der Waals surface area contributed by atoms with Crippen LogP contribution in [-0.4, -0.2) is 27.9 Å². The molecule has 0 atom stereocenters. The maximum Gasteiger partial charge on any atom is 0.303 e. The Balaban J connectivity index is 1.97. The van der Waals surface area contributed by atoms with E-state index in [0.29, 0.717) is 12.6 Å². The minimum atomic E-state index is -0.917. The molecule has 4 nitrogen and oxygen atoms in total. The van der Waals surface area contributed by atoms with Gasteiger partial charge < -0.3 is 10.0 Å². The van der Waals surface area contributed by atoms with Crippen molar-refractivity contribution in [3.63, 3.8) is 0 Å². The molecule has 0 radical (unpaired) electrons. The third kappa shape index (κ3) is 4.09. The third-order valence-electron chi connectivity index (χ3n) is 3.33. The fourth-order valence-electron chi connectivity index (χ4n) is 2.05. The summed E-state index contributed by atoms with van der Waals surface area (Å²) in [6.07, 6.45) is 2.07. The van der Waals surface area contributed by atoms with E-state index in [1.165, 1.54) is 5.56 Å². The zero-order valence-corrected chi connectivity index (χ0v) is 11.1. The predicted molar refractivity (Wildman–Crippen MR) is 71.6 cm³/mol. The standard InChI is InChI=1S/C15H19NO3/c1-11-2-4-12(5-3-11)10-16(13-6-7-13)14(17)8-9-15(18)19/h2-5,13H,6-10H2,1H3,(H,18,19). The lowest BCUT2D eigenvalue weighted by atomic mass is 10.1. The van der Waals surface area contributed by atoms with Crippen LogP contribution in [0.2, 0.25) is 0 Å². The van der Waals surface area contributed by atoms with Crippen LogP contribution in [0.5, 0.6) is 0 Å². The van der Waals surface area contributed by atoms with Gasteiger partial charge in [0, 0.05) is 19.0 Å². The van der Waals surface area contributed by atoms with Crippen LogP contribution in [-0.2, 0) is 16.1 Å². The smallest absolute Gasteiger partial charge is 0.303 e. The quantitative estimate of drug-likeness (QED) is 0.855. The summed E-state index contributed by atoms with van der Waals surface area (Å²) in [5.41, 5.74) is 2.29. The molecule has 1 aliphatic carbocycles. The molecule has 0 heterocycles. The first-order valence-electron chi connectivity index (χ1n) is 6.63. The largest absolute Gasteiger partial charge is 0.481 e. The zero-order valence-electron chi connectivity index (χ0n) is 11.1. The van der Waals surface area contributed by atoms with E-state index in [1.807, 2.05) is 36.1 Å². The number of rotatable bonds is 6. The lowest BCUT2D eigenvalue weighted by Crippen LogP contribution is -2.32. The highest BCUT2D eigenvalue weighted by Gasteiger charge is 2.32. The first-order chi connectivity index (χ1) is 9.06. The molecule has 1 fully saturated rings. The summed E-state index contributed by atoms with van der Waals surface area (Å²) in [5.74, 6) is -0.968. The first-order valence-corrected chi connectivity index (χ1v) is 6.63. The molecule has 102 valence electrons. The summed E-state index contributed by atoms with van der Waals surface area (Å²) in [4.78, 5) is 24.4. The lowest BCUT2D eigenvalue weighted by Gasteiger charge is -2.22. The predicted octanol–water partition coefficient (Wildman–Crippen LogP) is 2.35. The van der Waals surface area contributed by atoms with Crippen molar-refractivity contribution < 1.29 is 14.7 Å². The van der Waals surface area contributed by atoms with Crippen molar-refractivity contribution in [3.05, 3.63) is 35.4 Å². The summed E-state index contributed by atoms with van der Waals surface area (Å²) >= 11 is 0. The number of hydrogen-bond donors (Lipinski definition) is 1. The van der Waals surface area contributed by atoms with Gasteiger partial charge in [-0.1, -0.05) is 29.8 Å². The highest BCUT2D eigenvalue weighted by molar-refractivity contribution is 5.81. The van der Waals surface area contributed by atoms with Crippen LogP contribution in [0.15, 0.2) is 24.3 Å². The number of carboxylic acid groups (broad SMARTS) is 1. The molecule has 1 aromatic rings. The maximum atomic E-state index is 12.1. The Morgan fingerprint density at radius 3 is 2.37 bits per heavy atom. The second-order valence-corrected chi connectivity index (χ2v) is 5.13. The molecule has 2 rings (SSSR count). The van der Waals surface area contributed by atoms with Gasteiger partial charge in [-0.05, 0) is 25.3 Å². The number of carbonyl (C=O) groups excluding carboxylic acids is 1. The number of nitrogens with zero attached hydrogens (tertiary/aromatic N) is 1. The van der Waals surface area contributed by atoms with Crippen LogP contribution < -0.4 is 0 Å². The average Bonchev–Trinajstić information content (AvgIpc) is 3.19. The van der Waals surface area contributed by atoms with Gasteiger partial charge in [0.2, 0.25) is 5.91 Å². The fourth-order valence-corrected chi connectivity index (χ4v) is 2.05. The SMILES string of the molecule is Cc1ccc(CN(C(=O)CCC(=O)O)C2CC2)cc1. The fraction of sp³-hybridized carbons (Fsp3) is 0.467. The van der Waals surface area contributed by atoms with E-state index >= 15 is 0 Å². The molecule has 0 aromatic heterocycles. The summed E-state index contributed by atoms with van der Waals surface area (Å²) in [6.45, 7) is 2.61. The Morgan fingerprint density at radius 2 is 1.84 bits per heavy atom. The highest BCUT2D eigenvalue weighted by atomic mass is 16.4. The van der Waals surface area contributed by atoms with Crippen molar-refractivity contribution in [1.82, 2.24) is 4.90 Å². The molecular formula is C15H19NO3. The van der Waals surface area contributed by atoms with Gasteiger partial charge in [-0.15, -0.1) is 0 Å². The molecule has 0 bridgehead atoms. The molecule has 1 aromatic carbocycles. The Hall–Kier alpha value is -1.84. The Kier molecular flexibility index (Phi) is 4.20. The normalized spacial score (nSPS) is 14.2.